The first-order chi connectivity index (χ1) is 8.61. The van der Waals surface area contributed by atoms with Gasteiger partial charge in [0.05, 0.1) is 11.6 Å². The van der Waals surface area contributed by atoms with Crippen LogP contribution in [0.15, 0.2) is 22.9 Å². The molecule has 0 N–H and O–H groups in total. The van der Waals surface area contributed by atoms with Gasteiger partial charge >= 0.3 is 6.01 Å². The molecule has 0 atom stereocenters. The van der Waals surface area contributed by atoms with E-state index in [0.717, 1.165) is 0 Å². The van der Waals surface area contributed by atoms with E-state index in [1.165, 1.54) is 22.9 Å². The molecule has 1 aromatic carbocycles. The Morgan fingerprint density at radius 2 is 2.22 bits per heavy atom. The molecule has 0 aliphatic carbocycles. The molecule has 2 aromatic rings. The van der Waals surface area contributed by atoms with Crippen LogP contribution in [0.5, 0.6) is 11.8 Å². The molecule has 1 heterocycles. The topological polar surface area (TPSA) is 39.9 Å². The van der Waals surface area contributed by atoms with Crippen molar-refractivity contribution in [3.05, 3.63) is 33.8 Å². The van der Waals surface area contributed by atoms with Crippen LogP contribution >= 0.6 is 27.5 Å². The quantitative estimate of drug-likeness (QED) is 0.855. The molecule has 1 aromatic heterocycles. The number of ether oxygens (including phenoxy) is 1. The average molecular weight is 339 g/mol. The summed E-state index contributed by atoms with van der Waals surface area (Å²) in [7, 11) is 0. The second-order valence-electron chi connectivity index (χ2n) is 3.23. The molecule has 0 fully saturated rings. The van der Waals surface area contributed by atoms with Crippen molar-refractivity contribution in [1.82, 2.24) is 14.8 Å². The average Bonchev–Trinajstić information content (AvgIpc) is 2.66. The standard InChI is InChI=1S/C10H7BrClF2N3O/c11-9-15-10(17(16-9)5-4-13)18-7-3-1-2-6(12)8(7)14/h1-3H,4-5H2. The third-order valence-electron chi connectivity index (χ3n) is 2.03. The minimum Gasteiger partial charge on any atom is -0.421 e. The third-order valence-corrected chi connectivity index (χ3v) is 2.65. The highest BCUT2D eigenvalue weighted by Crippen LogP contribution is 2.28. The van der Waals surface area contributed by atoms with Crippen molar-refractivity contribution in [1.29, 1.82) is 0 Å². The maximum absolute atomic E-state index is 13.6. The van der Waals surface area contributed by atoms with E-state index in [1.54, 1.807) is 0 Å². The molecular formula is C10H7BrClF2N3O. The molecule has 0 amide bonds. The first-order valence-electron chi connectivity index (χ1n) is 4.90. The lowest BCUT2D eigenvalue weighted by Crippen LogP contribution is -2.04. The highest BCUT2D eigenvalue weighted by atomic mass is 79.9. The van der Waals surface area contributed by atoms with Crippen LogP contribution in [-0.4, -0.2) is 21.4 Å². The van der Waals surface area contributed by atoms with Gasteiger partial charge in [0.25, 0.3) is 0 Å². The molecule has 18 heavy (non-hydrogen) atoms. The zero-order chi connectivity index (χ0) is 13.1. The summed E-state index contributed by atoms with van der Waals surface area (Å²) in [6.45, 7) is -0.666. The van der Waals surface area contributed by atoms with Crippen LogP contribution in [0.4, 0.5) is 8.78 Å². The summed E-state index contributed by atoms with van der Waals surface area (Å²) in [5, 5.41) is 3.78. The molecule has 0 spiro atoms. The Bertz CT molecular complexity index is 564. The van der Waals surface area contributed by atoms with Crippen molar-refractivity contribution in [2.45, 2.75) is 6.54 Å². The highest BCUT2D eigenvalue weighted by Gasteiger charge is 2.14. The largest absolute Gasteiger partial charge is 0.421 e. The summed E-state index contributed by atoms with van der Waals surface area (Å²) >= 11 is 8.65. The summed E-state index contributed by atoms with van der Waals surface area (Å²) < 4.78 is 32.5. The summed E-state index contributed by atoms with van der Waals surface area (Å²) in [4.78, 5) is 3.87. The number of rotatable bonds is 4. The number of aromatic nitrogens is 3. The lowest BCUT2D eigenvalue weighted by atomic mass is 10.3. The van der Waals surface area contributed by atoms with E-state index < -0.39 is 12.5 Å². The molecule has 0 aliphatic heterocycles. The van der Waals surface area contributed by atoms with Gasteiger partial charge in [-0.05, 0) is 28.1 Å². The van der Waals surface area contributed by atoms with Crippen LogP contribution in [0.1, 0.15) is 0 Å². The molecule has 0 radical (unpaired) electrons. The number of hydrogen-bond acceptors (Lipinski definition) is 3. The predicted molar refractivity (Wildman–Crippen MR) is 65.2 cm³/mol. The van der Waals surface area contributed by atoms with E-state index in [9.17, 15) is 8.78 Å². The van der Waals surface area contributed by atoms with Gasteiger partial charge in [-0.3, -0.25) is 0 Å². The van der Waals surface area contributed by atoms with Gasteiger partial charge in [-0.1, -0.05) is 17.7 Å². The van der Waals surface area contributed by atoms with Crippen molar-refractivity contribution in [2.75, 3.05) is 6.67 Å². The fourth-order valence-corrected chi connectivity index (χ4v) is 1.77. The van der Waals surface area contributed by atoms with Gasteiger partial charge in [0.2, 0.25) is 4.73 Å². The Morgan fingerprint density at radius 3 is 2.94 bits per heavy atom. The van der Waals surface area contributed by atoms with Crippen molar-refractivity contribution in [3.63, 3.8) is 0 Å². The second kappa shape index (κ2) is 5.62. The lowest BCUT2D eigenvalue weighted by Gasteiger charge is -2.06. The van der Waals surface area contributed by atoms with E-state index >= 15 is 0 Å². The number of hydrogen-bond donors (Lipinski definition) is 0. The van der Waals surface area contributed by atoms with Gasteiger partial charge in [-0.15, -0.1) is 5.10 Å². The van der Waals surface area contributed by atoms with Gasteiger partial charge in [0.15, 0.2) is 11.6 Å². The summed E-state index contributed by atoms with van der Waals surface area (Å²) in [5.41, 5.74) is 0. The fraction of sp³-hybridized carbons (Fsp3) is 0.200. The maximum atomic E-state index is 13.6. The van der Waals surface area contributed by atoms with Crippen LogP contribution in [0.3, 0.4) is 0 Å². The Morgan fingerprint density at radius 1 is 1.44 bits per heavy atom. The number of benzene rings is 1. The highest BCUT2D eigenvalue weighted by molar-refractivity contribution is 9.10. The molecule has 0 unspecified atom stereocenters. The first kappa shape index (κ1) is 13.2. The van der Waals surface area contributed by atoms with Gasteiger partial charge in [0.1, 0.15) is 6.67 Å². The van der Waals surface area contributed by atoms with Crippen molar-refractivity contribution in [2.24, 2.45) is 0 Å². The van der Waals surface area contributed by atoms with Gasteiger partial charge in [0, 0.05) is 0 Å². The van der Waals surface area contributed by atoms with Crippen LogP contribution in [0.25, 0.3) is 0 Å². The Balaban J connectivity index is 2.30. The Labute approximate surface area is 115 Å². The second-order valence-corrected chi connectivity index (χ2v) is 4.35. The minimum atomic E-state index is -0.704. The zero-order valence-electron chi connectivity index (χ0n) is 8.91. The smallest absolute Gasteiger partial charge is 0.321 e. The summed E-state index contributed by atoms with van der Waals surface area (Å²) in [5.74, 6) is -0.799. The van der Waals surface area contributed by atoms with Crippen molar-refractivity contribution < 1.29 is 13.5 Å². The van der Waals surface area contributed by atoms with Gasteiger partial charge in [-0.2, -0.15) is 4.98 Å². The predicted octanol–water partition coefficient (Wildman–Crippen LogP) is 3.59. The van der Waals surface area contributed by atoms with Crippen LogP contribution in [-0.2, 0) is 6.54 Å². The Hall–Kier alpha value is -1.21. The molecule has 4 nitrogen and oxygen atoms in total. The molecule has 2 rings (SSSR count). The minimum absolute atomic E-state index is 0.0132. The Kier molecular flexibility index (Phi) is 4.13. The fourth-order valence-electron chi connectivity index (χ4n) is 1.26. The van der Waals surface area contributed by atoms with E-state index in [1.807, 2.05) is 0 Å². The van der Waals surface area contributed by atoms with Crippen LogP contribution < -0.4 is 4.74 Å². The van der Waals surface area contributed by atoms with Gasteiger partial charge < -0.3 is 4.74 Å². The molecule has 0 aliphatic rings. The molecule has 0 bridgehead atoms. The zero-order valence-corrected chi connectivity index (χ0v) is 11.2. The summed E-state index contributed by atoms with van der Waals surface area (Å²) in [6, 6.07) is 4.31. The summed E-state index contributed by atoms with van der Waals surface area (Å²) in [6.07, 6.45) is 0. The number of halogens is 4. The number of alkyl halides is 1. The maximum Gasteiger partial charge on any atom is 0.321 e. The van der Waals surface area contributed by atoms with Gasteiger partial charge in [-0.25, -0.2) is 13.5 Å². The lowest BCUT2D eigenvalue weighted by molar-refractivity contribution is 0.352. The van der Waals surface area contributed by atoms with E-state index in [2.05, 4.69) is 26.0 Å². The molecule has 0 saturated carbocycles. The van der Waals surface area contributed by atoms with Crippen molar-refractivity contribution >= 4 is 27.5 Å². The third kappa shape index (κ3) is 2.78. The molecule has 96 valence electrons. The first-order valence-corrected chi connectivity index (χ1v) is 6.07. The monoisotopic (exact) mass is 337 g/mol. The van der Waals surface area contributed by atoms with Crippen LogP contribution in [0.2, 0.25) is 5.02 Å². The van der Waals surface area contributed by atoms with Crippen LogP contribution in [0, 0.1) is 5.82 Å². The molecule has 8 heteroatoms. The SMILES string of the molecule is FCCn1nc(Br)nc1Oc1cccc(Cl)c1F. The van der Waals surface area contributed by atoms with E-state index in [-0.39, 0.29) is 28.1 Å². The van der Waals surface area contributed by atoms with E-state index in [0.29, 0.717) is 0 Å². The van der Waals surface area contributed by atoms with E-state index in [4.69, 9.17) is 16.3 Å². The molecular weight excluding hydrogens is 331 g/mol. The number of nitrogens with zero attached hydrogens (tertiary/aromatic N) is 3. The van der Waals surface area contributed by atoms with Crippen molar-refractivity contribution in [3.8, 4) is 11.8 Å². The number of aryl methyl sites for hydroxylation is 1. The molecule has 0 saturated heterocycles. The normalized spacial score (nSPS) is 10.7.